The number of aryl methyl sites for hydroxylation is 1. The van der Waals surface area contributed by atoms with Gasteiger partial charge >= 0.3 is 6.03 Å². The fraction of sp³-hybridized carbons (Fsp3) is 0.591. The molecule has 0 bridgehead atoms. The number of carbonyl (C=O) groups is 3. The number of imide groups is 1. The van der Waals surface area contributed by atoms with E-state index in [1.807, 2.05) is 30.3 Å². The number of benzene rings is 1. The molecule has 1 aromatic rings. The minimum Gasteiger partial charge on any atom is -0.339 e. The zero-order chi connectivity index (χ0) is 22.9. The van der Waals surface area contributed by atoms with Crippen molar-refractivity contribution in [3.63, 3.8) is 0 Å². The van der Waals surface area contributed by atoms with Gasteiger partial charge in [-0.05, 0) is 31.7 Å². The van der Waals surface area contributed by atoms with Crippen LogP contribution in [0.2, 0.25) is 0 Å². The van der Waals surface area contributed by atoms with E-state index in [0.717, 1.165) is 10.5 Å². The summed E-state index contributed by atoms with van der Waals surface area (Å²) in [5, 5.41) is 2.76. The second-order valence-electron chi connectivity index (χ2n) is 9.11. The van der Waals surface area contributed by atoms with Crippen molar-refractivity contribution in [1.82, 2.24) is 20.0 Å². The van der Waals surface area contributed by atoms with E-state index in [1.54, 1.807) is 11.8 Å². The Morgan fingerprint density at radius 1 is 1.12 bits per heavy atom. The third-order valence-corrected chi connectivity index (χ3v) is 8.54. The molecule has 2 atom stereocenters. The summed E-state index contributed by atoms with van der Waals surface area (Å²) in [4.78, 5) is 43.0. The average molecular weight is 463 g/mol. The SMILES string of the molecule is C[C@]1(CCc2ccccc2)NC(=O)N(CC(=O)N2CCN([C@@H]3CCS(=O)(=O)C3)CC2)C1=O. The molecule has 0 spiro atoms. The summed E-state index contributed by atoms with van der Waals surface area (Å²) in [5.41, 5.74) is 0.0538. The standard InChI is InChI=1S/C22H30N4O5S/c1-22(9-7-17-5-3-2-4-6-17)20(28)26(21(29)23-22)15-19(27)25-12-10-24(11-13-25)18-8-14-32(30,31)16-18/h2-6,18H,7-16H2,1H3,(H,23,29)/t18-,22-/m1/s1. The van der Waals surface area contributed by atoms with Crippen LogP contribution in [0.3, 0.4) is 0 Å². The van der Waals surface area contributed by atoms with Gasteiger partial charge in [-0.1, -0.05) is 30.3 Å². The molecule has 4 amide bonds. The van der Waals surface area contributed by atoms with E-state index in [9.17, 15) is 22.8 Å². The Balaban J connectivity index is 1.29. The zero-order valence-electron chi connectivity index (χ0n) is 18.3. The van der Waals surface area contributed by atoms with Gasteiger partial charge in [0.25, 0.3) is 5.91 Å². The quantitative estimate of drug-likeness (QED) is 0.608. The number of carbonyl (C=O) groups excluding carboxylic acids is 3. The number of hydrogen-bond donors (Lipinski definition) is 1. The van der Waals surface area contributed by atoms with Crippen LogP contribution < -0.4 is 5.32 Å². The highest BCUT2D eigenvalue weighted by Gasteiger charge is 2.48. The number of amides is 4. The van der Waals surface area contributed by atoms with Crippen LogP contribution in [0.25, 0.3) is 0 Å². The molecule has 0 saturated carbocycles. The molecule has 0 unspecified atom stereocenters. The maximum absolute atomic E-state index is 13.0. The maximum Gasteiger partial charge on any atom is 0.325 e. The highest BCUT2D eigenvalue weighted by molar-refractivity contribution is 7.91. The lowest BCUT2D eigenvalue weighted by Crippen LogP contribution is -2.54. The summed E-state index contributed by atoms with van der Waals surface area (Å²) >= 11 is 0. The van der Waals surface area contributed by atoms with Crippen molar-refractivity contribution in [3.05, 3.63) is 35.9 Å². The minimum atomic E-state index is -2.95. The van der Waals surface area contributed by atoms with Crippen LogP contribution in [-0.2, 0) is 25.8 Å². The first-order chi connectivity index (χ1) is 15.2. The van der Waals surface area contributed by atoms with E-state index in [1.165, 1.54) is 0 Å². The average Bonchev–Trinajstić information content (AvgIpc) is 3.25. The van der Waals surface area contributed by atoms with Gasteiger partial charge in [0, 0.05) is 32.2 Å². The van der Waals surface area contributed by atoms with Crippen LogP contribution in [0.1, 0.15) is 25.3 Å². The largest absolute Gasteiger partial charge is 0.339 e. The normalized spacial score (nSPS) is 28.2. The topological polar surface area (TPSA) is 107 Å². The molecule has 1 N–H and O–H groups in total. The number of hydrogen-bond acceptors (Lipinski definition) is 6. The van der Waals surface area contributed by atoms with E-state index in [2.05, 4.69) is 10.2 Å². The molecule has 3 aliphatic rings. The van der Waals surface area contributed by atoms with Crippen LogP contribution in [0.15, 0.2) is 30.3 Å². The van der Waals surface area contributed by atoms with Crippen molar-refractivity contribution in [2.75, 3.05) is 44.2 Å². The van der Waals surface area contributed by atoms with Crippen LogP contribution in [0, 0.1) is 0 Å². The Morgan fingerprint density at radius 2 is 1.81 bits per heavy atom. The number of piperazine rings is 1. The zero-order valence-corrected chi connectivity index (χ0v) is 19.1. The molecule has 9 nitrogen and oxygen atoms in total. The molecule has 3 aliphatic heterocycles. The summed E-state index contributed by atoms with van der Waals surface area (Å²) in [5.74, 6) is -0.224. The molecular weight excluding hydrogens is 432 g/mol. The number of urea groups is 1. The maximum atomic E-state index is 13.0. The van der Waals surface area contributed by atoms with Gasteiger partial charge < -0.3 is 10.2 Å². The summed E-state index contributed by atoms with van der Waals surface area (Å²) in [6.45, 7) is 3.55. The minimum absolute atomic E-state index is 0.0218. The van der Waals surface area contributed by atoms with E-state index < -0.39 is 21.4 Å². The molecule has 1 aromatic carbocycles. The van der Waals surface area contributed by atoms with Crippen molar-refractivity contribution in [1.29, 1.82) is 0 Å². The Morgan fingerprint density at radius 3 is 2.44 bits per heavy atom. The molecule has 174 valence electrons. The lowest BCUT2D eigenvalue weighted by atomic mass is 9.93. The summed E-state index contributed by atoms with van der Waals surface area (Å²) in [6.07, 6.45) is 1.74. The number of sulfone groups is 1. The lowest BCUT2D eigenvalue weighted by molar-refractivity contribution is -0.140. The van der Waals surface area contributed by atoms with Crippen molar-refractivity contribution >= 4 is 27.7 Å². The van der Waals surface area contributed by atoms with Crippen molar-refractivity contribution < 1.29 is 22.8 Å². The third kappa shape index (κ3) is 4.80. The predicted molar refractivity (Wildman–Crippen MR) is 119 cm³/mol. The fourth-order valence-electron chi connectivity index (χ4n) is 4.73. The van der Waals surface area contributed by atoms with Gasteiger partial charge in [0.1, 0.15) is 12.1 Å². The molecule has 0 radical (unpaired) electrons. The second-order valence-corrected chi connectivity index (χ2v) is 11.3. The van der Waals surface area contributed by atoms with Crippen molar-refractivity contribution in [2.45, 2.75) is 37.8 Å². The summed E-state index contributed by atoms with van der Waals surface area (Å²) < 4.78 is 23.4. The third-order valence-electron chi connectivity index (χ3n) is 6.79. The van der Waals surface area contributed by atoms with Gasteiger partial charge in [-0.2, -0.15) is 0 Å². The van der Waals surface area contributed by atoms with Gasteiger partial charge in [-0.3, -0.25) is 19.4 Å². The molecule has 0 aromatic heterocycles. The lowest BCUT2D eigenvalue weighted by Gasteiger charge is -2.38. The molecule has 32 heavy (non-hydrogen) atoms. The highest BCUT2D eigenvalue weighted by Crippen LogP contribution is 2.24. The Kier molecular flexibility index (Phi) is 6.26. The monoisotopic (exact) mass is 462 g/mol. The van der Waals surface area contributed by atoms with Crippen LogP contribution in [0.5, 0.6) is 0 Å². The van der Waals surface area contributed by atoms with Crippen LogP contribution in [-0.4, -0.2) is 96.8 Å². The summed E-state index contributed by atoms with van der Waals surface area (Å²) in [6, 6.07) is 9.24. The number of rotatable bonds is 6. The predicted octanol–water partition coefficient (Wildman–Crippen LogP) is 0.261. The first-order valence-electron chi connectivity index (χ1n) is 11.1. The van der Waals surface area contributed by atoms with Crippen molar-refractivity contribution in [2.24, 2.45) is 0 Å². The molecule has 3 saturated heterocycles. The number of nitrogens with one attached hydrogen (secondary N) is 1. The number of nitrogens with zero attached hydrogens (tertiary/aromatic N) is 3. The van der Waals surface area contributed by atoms with Crippen LogP contribution in [0.4, 0.5) is 4.79 Å². The molecule has 4 rings (SSSR count). The van der Waals surface area contributed by atoms with Gasteiger partial charge in [0.2, 0.25) is 5.91 Å². The molecule has 3 fully saturated rings. The molecule has 0 aliphatic carbocycles. The smallest absolute Gasteiger partial charge is 0.325 e. The van der Waals surface area contributed by atoms with E-state index in [0.29, 0.717) is 45.4 Å². The first-order valence-corrected chi connectivity index (χ1v) is 12.9. The van der Waals surface area contributed by atoms with E-state index in [-0.39, 0.29) is 35.9 Å². The van der Waals surface area contributed by atoms with Crippen molar-refractivity contribution in [3.8, 4) is 0 Å². The van der Waals surface area contributed by atoms with Crippen LogP contribution >= 0.6 is 0 Å². The first kappa shape index (κ1) is 22.7. The Bertz CT molecular complexity index is 991. The van der Waals surface area contributed by atoms with E-state index >= 15 is 0 Å². The van der Waals surface area contributed by atoms with Gasteiger partial charge in [-0.15, -0.1) is 0 Å². The van der Waals surface area contributed by atoms with Gasteiger partial charge in [0.05, 0.1) is 11.5 Å². The Labute approximate surface area is 188 Å². The van der Waals surface area contributed by atoms with Gasteiger partial charge in [-0.25, -0.2) is 13.2 Å². The fourth-order valence-corrected chi connectivity index (χ4v) is 6.50. The molecular formula is C22H30N4O5S. The second kappa shape index (κ2) is 8.82. The Hall–Kier alpha value is -2.46. The van der Waals surface area contributed by atoms with E-state index in [4.69, 9.17) is 0 Å². The molecule has 3 heterocycles. The molecule has 10 heteroatoms. The highest BCUT2D eigenvalue weighted by atomic mass is 32.2. The summed E-state index contributed by atoms with van der Waals surface area (Å²) in [7, 11) is -2.95. The van der Waals surface area contributed by atoms with Gasteiger partial charge in [0.15, 0.2) is 9.84 Å².